The number of piperidine rings is 1. The maximum atomic E-state index is 13.0. The Labute approximate surface area is 200 Å². The zero-order chi connectivity index (χ0) is 24.1. The highest BCUT2D eigenvalue weighted by molar-refractivity contribution is 5.94. The van der Waals surface area contributed by atoms with Crippen molar-refractivity contribution in [3.63, 3.8) is 0 Å². The fourth-order valence-corrected chi connectivity index (χ4v) is 4.47. The summed E-state index contributed by atoms with van der Waals surface area (Å²) in [6, 6.07) is 11.0. The number of pyridine rings is 2. The molecule has 0 radical (unpaired) electrons. The average molecular weight is 464 g/mol. The average Bonchev–Trinajstić information content (AvgIpc) is 2.83. The molecule has 180 valence electrons. The summed E-state index contributed by atoms with van der Waals surface area (Å²) in [5.41, 5.74) is 1.46. The molecule has 1 aliphatic heterocycles. The van der Waals surface area contributed by atoms with E-state index in [0.29, 0.717) is 25.1 Å². The van der Waals surface area contributed by atoms with Crippen LogP contribution >= 0.6 is 0 Å². The van der Waals surface area contributed by atoms with Crippen LogP contribution in [0.3, 0.4) is 0 Å². The van der Waals surface area contributed by atoms with E-state index in [4.69, 9.17) is 4.74 Å². The SMILES string of the molecule is CN(C)CCOc1ccc(C(=O)N(C)C[C@@]2(O)CCCN(c3ccnc4ccncc34)C2)cc1. The summed E-state index contributed by atoms with van der Waals surface area (Å²) in [6.07, 6.45) is 6.81. The summed E-state index contributed by atoms with van der Waals surface area (Å²) < 4.78 is 5.71. The van der Waals surface area contributed by atoms with E-state index in [1.807, 2.05) is 44.6 Å². The molecule has 0 bridgehead atoms. The molecule has 1 aromatic carbocycles. The van der Waals surface area contributed by atoms with Crippen LogP contribution in [-0.4, -0.2) is 90.3 Å². The second-order valence-corrected chi connectivity index (χ2v) is 9.31. The molecule has 0 saturated carbocycles. The van der Waals surface area contributed by atoms with E-state index in [2.05, 4.69) is 19.8 Å². The van der Waals surface area contributed by atoms with Gasteiger partial charge in [0.1, 0.15) is 12.4 Å². The molecule has 8 nitrogen and oxygen atoms in total. The number of amides is 1. The maximum Gasteiger partial charge on any atom is 0.253 e. The van der Waals surface area contributed by atoms with Crippen molar-refractivity contribution in [2.75, 3.05) is 58.8 Å². The van der Waals surface area contributed by atoms with Crippen LogP contribution in [0.25, 0.3) is 10.9 Å². The number of hydrogen-bond donors (Lipinski definition) is 1. The molecule has 0 aliphatic carbocycles. The number of benzene rings is 1. The third-order valence-corrected chi connectivity index (χ3v) is 6.20. The summed E-state index contributed by atoms with van der Waals surface area (Å²) in [4.78, 5) is 27.5. The highest BCUT2D eigenvalue weighted by atomic mass is 16.5. The lowest BCUT2D eigenvalue weighted by Crippen LogP contribution is -2.54. The first kappa shape index (κ1) is 23.9. The van der Waals surface area contributed by atoms with Crippen LogP contribution in [0.2, 0.25) is 0 Å². The molecule has 1 amide bonds. The Kier molecular flexibility index (Phi) is 7.29. The van der Waals surface area contributed by atoms with Crippen molar-refractivity contribution in [3.8, 4) is 5.75 Å². The molecule has 1 saturated heterocycles. The Bertz CT molecular complexity index is 1120. The lowest BCUT2D eigenvalue weighted by molar-refractivity contribution is 0.0000658. The minimum Gasteiger partial charge on any atom is -0.492 e. The number of carbonyl (C=O) groups excluding carboxylic acids is 1. The van der Waals surface area contributed by atoms with Gasteiger partial charge in [-0.05, 0) is 63.3 Å². The van der Waals surface area contributed by atoms with Crippen molar-refractivity contribution in [1.82, 2.24) is 19.8 Å². The molecule has 3 heterocycles. The van der Waals surface area contributed by atoms with Crippen LogP contribution in [0.5, 0.6) is 5.75 Å². The quantitative estimate of drug-likeness (QED) is 0.550. The summed E-state index contributed by atoms with van der Waals surface area (Å²) in [5.74, 6) is 0.616. The van der Waals surface area contributed by atoms with E-state index in [-0.39, 0.29) is 12.5 Å². The molecule has 1 N–H and O–H groups in total. The van der Waals surface area contributed by atoms with Crippen molar-refractivity contribution < 1.29 is 14.6 Å². The van der Waals surface area contributed by atoms with Crippen LogP contribution in [0.15, 0.2) is 55.0 Å². The molecule has 1 fully saturated rings. The Morgan fingerprint density at radius 2 is 1.94 bits per heavy atom. The lowest BCUT2D eigenvalue weighted by atomic mass is 9.91. The minimum atomic E-state index is -1.00. The van der Waals surface area contributed by atoms with E-state index in [9.17, 15) is 9.90 Å². The van der Waals surface area contributed by atoms with Crippen molar-refractivity contribution in [2.45, 2.75) is 18.4 Å². The van der Waals surface area contributed by atoms with Crippen LogP contribution in [0, 0.1) is 0 Å². The number of aliphatic hydroxyl groups is 1. The van der Waals surface area contributed by atoms with E-state index in [1.54, 1.807) is 36.5 Å². The molecule has 3 aromatic rings. The number of ether oxygens (including phenoxy) is 1. The second kappa shape index (κ2) is 10.4. The van der Waals surface area contributed by atoms with Gasteiger partial charge in [-0.3, -0.25) is 14.8 Å². The van der Waals surface area contributed by atoms with Gasteiger partial charge in [0, 0.05) is 61.9 Å². The van der Waals surface area contributed by atoms with Gasteiger partial charge >= 0.3 is 0 Å². The molecule has 8 heteroatoms. The van der Waals surface area contributed by atoms with Gasteiger partial charge in [0.05, 0.1) is 17.7 Å². The van der Waals surface area contributed by atoms with Gasteiger partial charge in [-0.1, -0.05) is 0 Å². The summed E-state index contributed by atoms with van der Waals surface area (Å²) in [7, 11) is 5.74. The van der Waals surface area contributed by atoms with Gasteiger partial charge in [-0.25, -0.2) is 0 Å². The molecule has 1 atom stereocenters. The normalized spacial score (nSPS) is 18.3. The topological polar surface area (TPSA) is 82.0 Å². The number of likely N-dealkylation sites (N-methyl/N-ethyl adjacent to an activating group) is 2. The molecule has 4 rings (SSSR count). The molecular weight excluding hydrogens is 430 g/mol. The highest BCUT2D eigenvalue weighted by Crippen LogP contribution is 2.31. The smallest absolute Gasteiger partial charge is 0.253 e. The number of aromatic nitrogens is 2. The standard InChI is InChI=1S/C26H33N5O3/c1-29(2)15-16-34-21-7-5-20(6-8-21)25(32)30(3)18-26(33)11-4-14-31(19-26)24-10-13-28-23-9-12-27-17-22(23)24/h5-10,12-13,17,33H,4,11,14-16,18-19H2,1-3H3/t26-/m0/s1. The molecule has 0 spiro atoms. The maximum absolute atomic E-state index is 13.0. The van der Waals surface area contributed by atoms with E-state index < -0.39 is 5.60 Å². The van der Waals surface area contributed by atoms with Crippen LogP contribution < -0.4 is 9.64 Å². The molecular formula is C26H33N5O3. The first-order valence-corrected chi connectivity index (χ1v) is 11.6. The van der Waals surface area contributed by atoms with Crippen molar-refractivity contribution in [3.05, 3.63) is 60.6 Å². The van der Waals surface area contributed by atoms with Crippen molar-refractivity contribution in [1.29, 1.82) is 0 Å². The van der Waals surface area contributed by atoms with Crippen molar-refractivity contribution in [2.24, 2.45) is 0 Å². The van der Waals surface area contributed by atoms with Crippen molar-refractivity contribution >= 4 is 22.5 Å². The third kappa shape index (κ3) is 5.63. The third-order valence-electron chi connectivity index (χ3n) is 6.20. The first-order valence-electron chi connectivity index (χ1n) is 11.6. The highest BCUT2D eigenvalue weighted by Gasteiger charge is 2.36. The Hall–Kier alpha value is -3.23. The van der Waals surface area contributed by atoms with Gasteiger partial charge in [0.25, 0.3) is 5.91 Å². The molecule has 2 aromatic heterocycles. The predicted octanol–water partition coefficient (Wildman–Crippen LogP) is 2.67. The van der Waals surface area contributed by atoms with Crippen LogP contribution in [-0.2, 0) is 0 Å². The van der Waals surface area contributed by atoms with Gasteiger partial charge in [0.15, 0.2) is 0 Å². The minimum absolute atomic E-state index is 0.121. The summed E-state index contributed by atoms with van der Waals surface area (Å²) in [5, 5.41) is 12.4. The fourth-order valence-electron chi connectivity index (χ4n) is 4.47. The largest absolute Gasteiger partial charge is 0.492 e. The monoisotopic (exact) mass is 463 g/mol. The zero-order valence-electron chi connectivity index (χ0n) is 20.1. The number of rotatable bonds is 8. The Balaban J connectivity index is 1.40. The molecule has 0 unspecified atom stereocenters. The van der Waals surface area contributed by atoms with Crippen LogP contribution in [0.1, 0.15) is 23.2 Å². The Morgan fingerprint density at radius 1 is 1.15 bits per heavy atom. The summed E-state index contributed by atoms with van der Waals surface area (Å²) >= 11 is 0. The first-order chi connectivity index (χ1) is 16.3. The van der Waals surface area contributed by atoms with Crippen LogP contribution in [0.4, 0.5) is 5.69 Å². The van der Waals surface area contributed by atoms with E-state index in [0.717, 1.165) is 41.9 Å². The fraction of sp³-hybridized carbons (Fsp3) is 0.423. The number of anilines is 1. The number of hydrogen-bond acceptors (Lipinski definition) is 7. The van der Waals surface area contributed by atoms with E-state index >= 15 is 0 Å². The number of nitrogens with zero attached hydrogens (tertiary/aromatic N) is 5. The summed E-state index contributed by atoms with van der Waals surface area (Å²) in [6.45, 7) is 2.95. The van der Waals surface area contributed by atoms with Gasteiger partial charge in [-0.2, -0.15) is 0 Å². The van der Waals surface area contributed by atoms with E-state index in [1.165, 1.54) is 0 Å². The lowest BCUT2D eigenvalue weighted by Gasteiger charge is -2.42. The van der Waals surface area contributed by atoms with Gasteiger partial charge < -0.3 is 24.5 Å². The number of carbonyl (C=O) groups is 1. The molecule has 34 heavy (non-hydrogen) atoms. The zero-order valence-corrected chi connectivity index (χ0v) is 20.1. The van der Waals surface area contributed by atoms with Gasteiger partial charge in [0.2, 0.25) is 0 Å². The predicted molar refractivity (Wildman–Crippen MR) is 133 cm³/mol. The van der Waals surface area contributed by atoms with Gasteiger partial charge in [-0.15, -0.1) is 0 Å². The number of fused-ring (bicyclic) bond motifs is 1. The Morgan fingerprint density at radius 3 is 2.71 bits per heavy atom. The second-order valence-electron chi connectivity index (χ2n) is 9.31. The number of β-amino-alcohol motifs (C(OH)–C–C–N with tert-alkyl or cyclic N) is 1. The molecule has 1 aliphatic rings.